The van der Waals surface area contributed by atoms with Gasteiger partial charge < -0.3 is 14.8 Å². The fourth-order valence-electron chi connectivity index (χ4n) is 2.07. The zero-order chi connectivity index (χ0) is 17.7. The molecule has 0 aliphatic carbocycles. The summed E-state index contributed by atoms with van der Waals surface area (Å²) in [5.41, 5.74) is 1.83. The molecule has 2 aromatic rings. The predicted molar refractivity (Wildman–Crippen MR) is 91.1 cm³/mol. The van der Waals surface area contributed by atoms with Crippen molar-refractivity contribution in [3.63, 3.8) is 0 Å². The van der Waals surface area contributed by atoms with E-state index in [1.807, 2.05) is 19.1 Å². The van der Waals surface area contributed by atoms with Crippen LogP contribution in [0.2, 0.25) is 0 Å². The van der Waals surface area contributed by atoms with Gasteiger partial charge in [-0.3, -0.25) is 4.79 Å². The van der Waals surface area contributed by atoms with Gasteiger partial charge in [0.25, 0.3) is 5.91 Å². The Balaban J connectivity index is 2.23. The van der Waals surface area contributed by atoms with Crippen LogP contribution in [0.15, 0.2) is 40.9 Å². The Hall–Kier alpha value is -2.15. The van der Waals surface area contributed by atoms with Crippen molar-refractivity contribution in [2.45, 2.75) is 20.5 Å². The first-order chi connectivity index (χ1) is 11.4. The van der Waals surface area contributed by atoms with Crippen LogP contribution in [0.25, 0.3) is 0 Å². The summed E-state index contributed by atoms with van der Waals surface area (Å²) in [5.74, 6) is -0.383. The highest BCUT2D eigenvalue weighted by atomic mass is 79.9. The van der Waals surface area contributed by atoms with E-state index in [0.29, 0.717) is 5.69 Å². The zero-order valence-corrected chi connectivity index (χ0v) is 14.7. The molecule has 4 nitrogen and oxygen atoms in total. The Morgan fingerprint density at radius 2 is 1.96 bits per heavy atom. The highest BCUT2D eigenvalue weighted by molar-refractivity contribution is 9.10. The summed E-state index contributed by atoms with van der Waals surface area (Å²) in [6.45, 7) is 0.876. The number of benzene rings is 2. The molecule has 0 spiro atoms. The Kier molecular flexibility index (Phi) is 6.14. The summed E-state index contributed by atoms with van der Waals surface area (Å²) in [6.07, 6.45) is 0. The van der Waals surface area contributed by atoms with E-state index < -0.39 is 6.61 Å². The average Bonchev–Trinajstić information content (AvgIpc) is 2.51. The molecule has 0 radical (unpaired) electrons. The molecule has 0 fully saturated rings. The largest absolute Gasteiger partial charge is 0.490 e. The van der Waals surface area contributed by atoms with Gasteiger partial charge >= 0.3 is 6.61 Å². The molecule has 0 aromatic heterocycles. The van der Waals surface area contributed by atoms with E-state index in [2.05, 4.69) is 26.0 Å². The summed E-state index contributed by atoms with van der Waals surface area (Å²) in [5, 5.41) is 2.78. The third kappa shape index (κ3) is 4.67. The first-order valence-corrected chi connectivity index (χ1v) is 7.99. The quantitative estimate of drug-likeness (QED) is 0.742. The van der Waals surface area contributed by atoms with Crippen LogP contribution in [0.5, 0.6) is 11.5 Å². The van der Waals surface area contributed by atoms with Crippen LogP contribution < -0.4 is 14.8 Å². The maximum Gasteiger partial charge on any atom is 0.387 e. The summed E-state index contributed by atoms with van der Waals surface area (Å²) in [6, 6.07) is 9.54. The zero-order valence-electron chi connectivity index (χ0n) is 13.1. The predicted octanol–water partition coefficient (Wildman–Crippen LogP) is 5.01. The lowest BCUT2D eigenvalue weighted by molar-refractivity contribution is -0.0514. The highest BCUT2D eigenvalue weighted by Gasteiger charge is 2.15. The maximum absolute atomic E-state index is 12.4. The number of aryl methyl sites for hydroxylation is 1. The number of hydrogen-bond donors (Lipinski definition) is 1. The van der Waals surface area contributed by atoms with Crippen LogP contribution in [0.4, 0.5) is 14.5 Å². The monoisotopic (exact) mass is 399 g/mol. The number of nitrogens with one attached hydrogen (secondary N) is 1. The minimum Gasteiger partial charge on any atom is -0.490 e. The molecule has 128 valence electrons. The summed E-state index contributed by atoms with van der Waals surface area (Å²) in [4.78, 5) is 12.4. The van der Waals surface area contributed by atoms with Crippen molar-refractivity contribution >= 4 is 27.5 Å². The minimum absolute atomic E-state index is 0.0954. The van der Waals surface area contributed by atoms with E-state index in [0.717, 1.165) is 10.0 Å². The normalized spacial score (nSPS) is 10.6. The lowest BCUT2D eigenvalue weighted by Crippen LogP contribution is -2.13. The number of alkyl halides is 2. The van der Waals surface area contributed by atoms with Gasteiger partial charge in [0.2, 0.25) is 0 Å². The van der Waals surface area contributed by atoms with Gasteiger partial charge in [-0.1, -0.05) is 15.9 Å². The fourth-order valence-corrected chi connectivity index (χ4v) is 2.55. The van der Waals surface area contributed by atoms with Gasteiger partial charge in [0, 0.05) is 15.7 Å². The van der Waals surface area contributed by atoms with Crippen molar-refractivity contribution in [1.82, 2.24) is 0 Å². The molecule has 0 heterocycles. The number of ether oxygens (including phenoxy) is 2. The van der Waals surface area contributed by atoms with Crippen LogP contribution in [0.3, 0.4) is 0 Å². The number of amides is 1. The summed E-state index contributed by atoms with van der Waals surface area (Å²) in [7, 11) is 0. The average molecular weight is 400 g/mol. The minimum atomic E-state index is -2.96. The molecule has 0 saturated carbocycles. The second-order valence-electron chi connectivity index (χ2n) is 4.89. The standard InChI is InChI=1S/C17H16BrF2NO3/c1-3-23-15-9-11(4-7-14(15)24-17(19)20)16(22)21-13-6-5-12(18)8-10(13)2/h4-9,17H,3H2,1-2H3,(H,21,22). The van der Waals surface area contributed by atoms with Gasteiger partial charge in [-0.25, -0.2) is 0 Å². The number of rotatable bonds is 6. The lowest BCUT2D eigenvalue weighted by atomic mass is 10.1. The molecule has 0 atom stereocenters. The third-order valence-electron chi connectivity index (χ3n) is 3.16. The molecule has 0 unspecified atom stereocenters. The van der Waals surface area contributed by atoms with Crippen LogP contribution in [-0.2, 0) is 0 Å². The molecule has 24 heavy (non-hydrogen) atoms. The van der Waals surface area contributed by atoms with Crippen molar-refractivity contribution in [3.8, 4) is 11.5 Å². The number of halogens is 3. The molecular weight excluding hydrogens is 384 g/mol. The molecular formula is C17H16BrF2NO3. The Morgan fingerprint density at radius 3 is 2.58 bits per heavy atom. The maximum atomic E-state index is 12.4. The molecule has 0 bridgehead atoms. The molecule has 2 aromatic carbocycles. The fraction of sp³-hybridized carbons (Fsp3) is 0.235. The second-order valence-corrected chi connectivity index (χ2v) is 5.80. The number of anilines is 1. The van der Waals surface area contributed by atoms with Crippen molar-refractivity contribution < 1.29 is 23.0 Å². The van der Waals surface area contributed by atoms with Gasteiger partial charge in [-0.05, 0) is 55.8 Å². The molecule has 0 aliphatic rings. The van der Waals surface area contributed by atoms with E-state index in [1.54, 1.807) is 13.0 Å². The Morgan fingerprint density at radius 1 is 1.21 bits per heavy atom. The number of hydrogen-bond acceptors (Lipinski definition) is 3. The lowest BCUT2D eigenvalue weighted by Gasteiger charge is -2.13. The van der Waals surface area contributed by atoms with Crippen LogP contribution in [-0.4, -0.2) is 19.1 Å². The first kappa shape index (κ1) is 18.2. The summed E-state index contributed by atoms with van der Waals surface area (Å²) < 4.78 is 35.4. The van der Waals surface area contributed by atoms with E-state index in [4.69, 9.17) is 4.74 Å². The SMILES string of the molecule is CCOc1cc(C(=O)Nc2ccc(Br)cc2C)ccc1OC(F)F. The van der Waals surface area contributed by atoms with Crippen molar-refractivity contribution in [3.05, 3.63) is 52.0 Å². The molecule has 1 N–H and O–H groups in total. The van der Waals surface area contributed by atoms with E-state index >= 15 is 0 Å². The Bertz CT molecular complexity index is 738. The number of carbonyl (C=O) groups excluding carboxylic acids is 1. The first-order valence-electron chi connectivity index (χ1n) is 7.20. The van der Waals surface area contributed by atoms with Gasteiger partial charge in [0.15, 0.2) is 11.5 Å². The molecule has 7 heteroatoms. The highest BCUT2D eigenvalue weighted by Crippen LogP contribution is 2.30. The van der Waals surface area contributed by atoms with E-state index in [1.165, 1.54) is 18.2 Å². The molecule has 0 aliphatic heterocycles. The second kappa shape index (κ2) is 8.10. The van der Waals surface area contributed by atoms with Crippen LogP contribution >= 0.6 is 15.9 Å². The van der Waals surface area contributed by atoms with Crippen LogP contribution in [0.1, 0.15) is 22.8 Å². The van der Waals surface area contributed by atoms with Gasteiger partial charge in [0.1, 0.15) is 0 Å². The smallest absolute Gasteiger partial charge is 0.387 e. The molecule has 2 rings (SSSR count). The van der Waals surface area contributed by atoms with E-state index in [9.17, 15) is 13.6 Å². The van der Waals surface area contributed by atoms with Crippen molar-refractivity contribution in [2.75, 3.05) is 11.9 Å². The van der Waals surface area contributed by atoms with Crippen molar-refractivity contribution in [2.24, 2.45) is 0 Å². The van der Waals surface area contributed by atoms with E-state index in [-0.39, 0.29) is 29.6 Å². The van der Waals surface area contributed by atoms with Gasteiger partial charge in [-0.2, -0.15) is 8.78 Å². The third-order valence-corrected chi connectivity index (χ3v) is 3.65. The summed E-state index contributed by atoms with van der Waals surface area (Å²) >= 11 is 3.36. The molecule has 0 saturated heterocycles. The Labute approximate surface area is 146 Å². The number of carbonyl (C=O) groups is 1. The van der Waals surface area contributed by atoms with Gasteiger partial charge in [0.05, 0.1) is 6.61 Å². The topological polar surface area (TPSA) is 47.6 Å². The molecule has 1 amide bonds. The van der Waals surface area contributed by atoms with Gasteiger partial charge in [-0.15, -0.1) is 0 Å². The van der Waals surface area contributed by atoms with Crippen molar-refractivity contribution in [1.29, 1.82) is 0 Å². The van der Waals surface area contributed by atoms with Crippen LogP contribution in [0, 0.1) is 6.92 Å².